The first kappa shape index (κ1) is 19.4. The van der Waals surface area contributed by atoms with Gasteiger partial charge in [-0.2, -0.15) is 0 Å². The average molecular weight is 408 g/mol. The first-order valence-electron chi connectivity index (χ1n) is 8.14. The normalized spacial score (nSPS) is 12.6. The fraction of sp³-hybridized carbons (Fsp3) is 0.350. The largest absolute Gasteiger partial charge is 0.483 e. The van der Waals surface area contributed by atoms with Gasteiger partial charge in [0.05, 0.1) is 10.5 Å². The van der Waals surface area contributed by atoms with Crippen molar-refractivity contribution in [1.82, 2.24) is 5.32 Å². The van der Waals surface area contributed by atoms with Crippen molar-refractivity contribution in [2.45, 2.75) is 39.2 Å². The molecule has 0 aliphatic rings. The number of nitrogens with one attached hydrogen (secondary N) is 1. The van der Waals surface area contributed by atoms with Crippen LogP contribution in [0.25, 0.3) is 0 Å². The number of hydrogen-bond donors (Lipinski definition) is 1. The van der Waals surface area contributed by atoms with E-state index in [9.17, 15) is 9.18 Å². The minimum atomic E-state index is -0.297. The van der Waals surface area contributed by atoms with Crippen LogP contribution < -0.4 is 10.1 Å². The van der Waals surface area contributed by atoms with E-state index in [0.29, 0.717) is 5.75 Å². The molecule has 25 heavy (non-hydrogen) atoms. The highest BCUT2D eigenvalue weighted by Gasteiger charge is 2.16. The molecule has 1 atom stereocenters. The van der Waals surface area contributed by atoms with Crippen molar-refractivity contribution in [3.05, 3.63) is 63.9 Å². The number of rotatable bonds is 5. The highest BCUT2D eigenvalue weighted by molar-refractivity contribution is 9.10. The number of carbonyl (C=O) groups is 1. The number of hydrogen-bond acceptors (Lipinski definition) is 2. The van der Waals surface area contributed by atoms with Crippen LogP contribution in [0, 0.1) is 5.82 Å². The molecule has 1 N–H and O–H groups in total. The van der Waals surface area contributed by atoms with Gasteiger partial charge in [-0.15, -0.1) is 0 Å². The molecule has 0 bridgehead atoms. The summed E-state index contributed by atoms with van der Waals surface area (Å²) in [5.74, 6) is 0.0929. The van der Waals surface area contributed by atoms with E-state index in [4.69, 9.17) is 4.74 Å². The quantitative estimate of drug-likeness (QED) is 0.744. The molecule has 1 amide bonds. The number of halogens is 2. The molecule has 2 rings (SSSR count). The molecule has 0 aliphatic carbocycles. The van der Waals surface area contributed by atoms with Crippen LogP contribution in [0.4, 0.5) is 4.39 Å². The summed E-state index contributed by atoms with van der Waals surface area (Å²) in [6, 6.07) is 11.7. The Balaban J connectivity index is 1.92. The maximum atomic E-state index is 12.9. The molecule has 0 unspecified atom stereocenters. The Kier molecular flexibility index (Phi) is 6.22. The summed E-state index contributed by atoms with van der Waals surface area (Å²) >= 11 is 3.49. The molecule has 0 fully saturated rings. The minimum Gasteiger partial charge on any atom is -0.483 e. The van der Waals surface area contributed by atoms with Crippen molar-refractivity contribution >= 4 is 21.8 Å². The Morgan fingerprint density at radius 2 is 1.84 bits per heavy atom. The van der Waals surface area contributed by atoms with Gasteiger partial charge in [0.25, 0.3) is 5.91 Å². The van der Waals surface area contributed by atoms with E-state index < -0.39 is 0 Å². The van der Waals surface area contributed by atoms with Crippen LogP contribution in [0.1, 0.15) is 44.9 Å². The van der Waals surface area contributed by atoms with Crippen LogP contribution in [0.3, 0.4) is 0 Å². The number of carbonyl (C=O) groups excluding carboxylic acids is 1. The Bertz CT molecular complexity index is 738. The molecule has 3 nitrogen and oxygen atoms in total. The lowest BCUT2D eigenvalue weighted by atomic mass is 9.87. The summed E-state index contributed by atoms with van der Waals surface area (Å²) in [6.07, 6.45) is 0. The lowest BCUT2D eigenvalue weighted by molar-refractivity contribution is -0.123. The van der Waals surface area contributed by atoms with Gasteiger partial charge in [-0.25, -0.2) is 4.39 Å². The molecule has 0 spiro atoms. The molecule has 0 saturated carbocycles. The number of benzene rings is 2. The molecular formula is C20H23BrFNO2. The Labute approximate surface area is 156 Å². The molecule has 0 radical (unpaired) electrons. The molecule has 0 aliphatic heterocycles. The maximum Gasteiger partial charge on any atom is 0.258 e. The molecule has 2 aromatic rings. The van der Waals surface area contributed by atoms with Crippen LogP contribution in [-0.4, -0.2) is 12.5 Å². The zero-order valence-electron chi connectivity index (χ0n) is 14.9. The van der Waals surface area contributed by atoms with Crippen molar-refractivity contribution in [3.63, 3.8) is 0 Å². The van der Waals surface area contributed by atoms with E-state index in [0.717, 1.165) is 10.0 Å². The van der Waals surface area contributed by atoms with E-state index in [2.05, 4.69) is 42.0 Å². The monoisotopic (exact) mass is 407 g/mol. The van der Waals surface area contributed by atoms with Gasteiger partial charge in [-0.05, 0) is 63.7 Å². The Hall–Kier alpha value is -1.88. The minimum absolute atomic E-state index is 0.0447. The standard InChI is InChI=1S/C20H23BrFNO2/c1-13(14-5-8-16(22)9-6-14)23-19(24)12-25-18-10-7-15(11-17(18)21)20(2,3)4/h5-11,13H,12H2,1-4H3,(H,23,24)/t13-/m0/s1. The first-order valence-corrected chi connectivity index (χ1v) is 8.94. The third-order valence-electron chi connectivity index (χ3n) is 3.90. The number of ether oxygens (including phenoxy) is 1. The molecule has 0 heterocycles. The van der Waals surface area contributed by atoms with E-state index in [-0.39, 0.29) is 29.8 Å². The summed E-state index contributed by atoms with van der Waals surface area (Å²) in [5.41, 5.74) is 2.06. The summed E-state index contributed by atoms with van der Waals surface area (Å²) in [5, 5.41) is 2.84. The molecule has 0 saturated heterocycles. The lowest BCUT2D eigenvalue weighted by Gasteiger charge is -2.20. The summed E-state index contributed by atoms with van der Waals surface area (Å²) in [7, 11) is 0. The lowest BCUT2D eigenvalue weighted by Crippen LogP contribution is -2.31. The second-order valence-corrected chi connectivity index (χ2v) is 7.88. The van der Waals surface area contributed by atoms with Crippen LogP contribution in [-0.2, 0) is 10.2 Å². The van der Waals surface area contributed by atoms with Crippen molar-refractivity contribution in [1.29, 1.82) is 0 Å². The van der Waals surface area contributed by atoms with Crippen LogP contribution >= 0.6 is 15.9 Å². The van der Waals surface area contributed by atoms with Gasteiger partial charge in [0.2, 0.25) is 0 Å². The van der Waals surface area contributed by atoms with E-state index in [1.54, 1.807) is 12.1 Å². The van der Waals surface area contributed by atoms with Crippen LogP contribution in [0.5, 0.6) is 5.75 Å². The van der Waals surface area contributed by atoms with Gasteiger partial charge >= 0.3 is 0 Å². The maximum absolute atomic E-state index is 12.9. The molecule has 2 aromatic carbocycles. The predicted molar refractivity (Wildman–Crippen MR) is 101 cm³/mol. The van der Waals surface area contributed by atoms with Gasteiger partial charge in [0.15, 0.2) is 6.61 Å². The molecular weight excluding hydrogens is 385 g/mol. The van der Waals surface area contributed by atoms with E-state index in [1.165, 1.54) is 17.7 Å². The predicted octanol–water partition coefficient (Wildman–Crippen LogP) is 5.14. The fourth-order valence-corrected chi connectivity index (χ4v) is 2.84. The summed E-state index contributed by atoms with van der Waals surface area (Å²) in [4.78, 5) is 12.1. The van der Waals surface area contributed by atoms with Crippen molar-refractivity contribution in [2.75, 3.05) is 6.61 Å². The SMILES string of the molecule is C[C@H](NC(=O)COc1ccc(C(C)(C)C)cc1Br)c1ccc(F)cc1. The van der Waals surface area contributed by atoms with Crippen LogP contribution in [0.15, 0.2) is 46.9 Å². The Morgan fingerprint density at radius 3 is 2.40 bits per heavy atom. The summed E-state index contributed by atoms with van der Waals surface area (Å²) in [6.45, 7) is 8.18. The second kappa shape index (κ2) is 8.00. The van der Waals surface area contributed by atoms with Gasteiger partial charge in [0, 0.05) is 0 Å². The summed E-state index contributed by atoms with van der Waals surface area (Å²) < 4.78 is 19.4. The fourth-order valence-electron chi connectivity index (χ4n) is 2.35. The average Bonchev–Trinajstić information content (AvgIpc) is 2.53. The topological polar surface area (TPSA) is 38.3 Å². The Morgan fingerprint density at radius 1 is 1.20 bits per heavy atom. The molecule has 5 heteroatoms. The van der Waals surface area contributed by atoms with E-state index in [1.807, 2.05) is 25.1 Å². The van der Waals surface area contributed by atoms with Crippen molar-refractivity contribution < 1.29 is 13.9 Å². The third-order valence-corrected chi connectivity index (χ3v) is 4.52. The first-order chi connectivity index (χ1) is 11.7. The van der Waals surface area contributed by atoms with E-state index >= 15 is 0 Å². The highest BCUT2D eigenvalue weighted by atomic mass is 79.9. The van der Waals surface area contributed by atoms with Crippen molar-refractivity contribution in [3.8, 4) is 5.75 Å². The van der Waals surface area contributed by atoms with Crippen molar-refractivity contribution in [2.24, 2.45) is 0 Å². The highest BCUT2D eigenvalue weighted by Crippen LogP contribution is 2.31. The number of amides is 1. The smallest absolute Gasteiger partial charge is 0.258 e. The second-order valence-electron chi connectivity index (χ2n) is 7.02. The zero-order chi connectivity index (χ0) is 18.6. The van der Waals surface area contributed by atoms with Gasteiger partial charge < -0.3 is 10.1 Å². The van der Waals surface area contributed by atoms with Crippen LogP contribution in [0.2, 0.25) is 0 Å². The van der Waals surface area contributed by atoms with Gasteiger partial charge in [-0.3, -0.25) is 4.79 Å². The zero-order valence-corrected chi connectivity index (χ0v) is 16.5. The van der Waals surface area contributed by atoms with Gasteiger partial charge in [-0.1, -0.05) is 39.0 Å². The molecule has 0 aromatic heterocycles. The molecule has 134 valence electrons. The van der Waals surface area contributed by atoms with Gasteiger partial charge in [0.1, 0.15) is 11.6 Å². The third kappa shape index (κ3) is 5.56.